The van der Waals surface area contributed by atoms with Gasteiger partial charge in [-0.1, -0.05) is 6.07 Å². The summed E-state index contributed by atoms with van der Waals surface area (Å²) in [5, 5.41) is 4.27. The van der Waals surface area contributed by atoms with Crippen molar-refractivity contribution in [2.24, 2.45) is 0 Å². The number of H-pyrrole nitrogens is 1. The molecule has 33 heavy (non-hydrogen) atoms. The molecule has 2 N–H and O–H groups in total. The Morgan fingerprint density at radius 3 is 2.82 bits per heavy atom. The van der Waals surface area contributed by atoms with Crippen molar-refractivity contribution in [3.63, 3.8) is 0 Å². The van der Waals surface area contributed by atoms with E-state index >= 15 is 0 Å². The third-order valence-electron chi connectivity index (χ3n) is 5.28. The van der Waals surface area contributed by atoms with E-state index < -0.39 is 0 Å². The van der Waals surface area contributed by atoms with Crippen LogP contribution in [-0.4, -0.2) is 37.8 Å². The second-order valence-corrected chi connectivity index (χ2v) is 7.90. The molecule has 6 rings (SSSR count). The molecule has 0 radical (unpaired) electrons. The van der Waals surface area contributed by atoms with E-state index in [0.717, 1.165) is 39.2 Å². The number of hydrogen-bond acceptors (Lipinski definition) is 8. The Hall–Kier alpha value is -4.40. The Bertz CT molecular complexity index is 1500. The second-order valence-electron chi connectivity index (χ2n) is 7.90. The summed E-state index contributed by atoms with van der Waals surface area (Å²) in [5.74, 6) is 2.35. The largest absolute Gasteiger partial charge is 0.473 e. The van der Waals surface area contributed by atoms with E-state index in [1.807, 2.05) is 56.3 Å². The van der Waals surface area contributed by atoms with Gasteiger partial charge in [-0.05, 0) is 61.4 Å². The third-order valence-corrected chi connectivity index (χ3v) is 5.28. The third kappa shape index (κ3) is 3.53. The van der Waals surface area contributed by atoms with E-state index in [1.54, 1.807) is 12.5 Å². The van der Waals surface area contributed by atoms with Crippen LogP contribution in [0.5, 0.6) is 17.4 Å². The number of nitrogens with zero attached hydrogens (tertiary/aromatic N) is 4. The molecule has 0 amide bonds. The second kappa shape index (κ2) is 7.63. The zero-order valence-corrected chi connectivity index (χ0v) is 18.0. The van der Waals surface area contributed by atoms with Crippen molar-refractivity contribution in [3.8, 4) is 28.5 Å². The SMILES string of the molecule is CC(C)Oc1nc(Nc2ccc3nccc(-c4ccc5c(c4)OCO5)c3c2)nc2nc[nH]c12. The minimum absolute atomic E-state index is 0.0322. The maximum atomic E-state index is 5.85. The van der Waals surface area contributed by atoms with Crippen LogP contribution in [-0.2, 0) is 0 Å². The van der Waals surface area contributed by atoms with Crippen LogP contribution in [0.1, 0.15) is 13.8 Å². The van der Waals surface area contributed by atoms with Crippen molar-refractivity contribution in [2.75, 3.05) is 12.1 Å². The van der Waals surface area contributed by atoms with Gasteiger partial charge in [-0.25, -0.2) is 4.98 Å². The summed E-state index contributed by atoms with van der Waals surface area (Å²) in [7, 11) is 0. The van der Waals surface area contributed by atoms with Crippen LogP contribution in [0.25, 0.3) is 33.2 Å². The maximum Gasteiger partial charge on any atom is 0.245 e. The molecule has 3 aromatic heterocycles. The number of ether oxygens (including phenoxy) is 3. The summed E-state index contributed by atoms with van der Waals surface area (Å²) in [6, 6.07) is 13.9. The predicted octanol–water partition coefficient (Wildman–Crippen LogP) is 4.83. The fourth-order valence-electron chi connectivity index (χ4n) is 3.84. The van der Waals surface area contributed by atoms with Crippen LogP contribution in [0.3, 0.4) is 0 Å². The van der Waals surface area contributed by atoms with Crippen molar-refractivity contribution in [2.45, 2.75) is 20.0 Å². The Morgan fingerprint density at radius 2 is 1.91 bits per heavy atom. The Morgan fingerprint density at radius 1 is 1.00 bits per heavy atom. The molecule has 4 heterocycles. The topological polar surface area (TPSA) is 107 Å². The molecule has 164 valence electrons. The molecule has 1 aliphatic heterocycles. The molecular formula is C24H20N6O3. The zero-order chi connectivity index (χ0) is 22.4. The molecule has 2 aromatic carbocycles. The van der Waals surface area contributed by atoms with E-state index in [2.05, 4.69) is 30.2 Å². The van der Waals surface area contributed by atoms with Crippen LogP contribution in [0.2, 0.25) is 0 Å². The number of benzene rings is 2. The molecule has 0 bridgehead atoms. The van der Waals surface area contributed by atoms with Crippen molar-refractivity contribution < 1.29 is 14.2 Å². The quantitative estimate of drug-likeness (QED) is 0.400. The van der Waals surface area contributed by atoms with Crippen molar-refractivity contribution in [1.29, 1.82) is 0 Å². The van der Waals surface area contributed by atoms with Gasteiger partial charge in [0.05, 0.1) is 17.9 Å². The molecular weight excluding hydrogens is 420 g/mol. The number of nitrogens with one attached hydrogen (secondary N) is 2. The average molecular weight is 440 g/mol. The lowest BCUT2D eigenvalue weighted by Gasteiger charge is -2.12. The van der Waals surface area contributed by atoms with E-state index in [9.17, 15) is 0 Å². The van der Waals surface area contributed by atoms with Gasteiger partial charge < -0.3 is 24.5 Å². The number of fused-ring (bicyclic) bond motifs is 3. The number of anilines is 2. The van der Waals surface area contributed by atoms with Crippen molar-refractivity contribution in [1.82, 2.24) is 24.9 Å². The standard InChI is InChI=1S/C24H20N6O3/c1-13(2)33-23-21-22(27-11-26-21)29-24(30-23)28-15-4-5-18-17(10-15)16(7-8-25-18)14-3-6-19-20(9-14)32-12-31-19/h3-11,13H,12H2,1-2H3,(H2,26,27,28,29,30). The molecule has 0 atom stereocenters. The van der Waals surface area contributed by atoms with Gasteiger partial charge in [0.15, 0.2) is 17.1 Å². The monoisotopic (exact) mass is 440 g/mol. The highest BCUT2D eigenvalue weighted by molar-refractivity contribution is 5.96. The van der Waals surface area contributed by atoms with Gasteiger partial charge in [0.2, 0.25) is 18.6 Å². The van der Waals surface area contributed by atoms with Gasteiger partial charge in [0.1, 0.15) is 5.52 Å². The summed E-state index contributed by atoms with van der Waals surface area (Å²) in [4.78, 5) is 20.9. The lowest BCUT2D eigenvalue weighted by atomic mass is 10.0. The molecule has 0 saturated heterocycles. The number of imidazole rings is 1. The van der Waals surface area contributed by atoms with Crippen LogP contribution in [0.4, 0.5) is 11.6 Å². The molecule has 5 aromatic rings. The first-order chi connectivity index (χ1) is 16.1. The molecule has 0 fully saturated rings. The molecule has 0 saturated carbocycles. The van der Waals surface area contributed by atoms with Crippen LogP contribution in [0, 0.1) is 0 Å². The number of hydrogen-bond donors (Lipinski definition) is 2. The first-order valence-electron chi connectivity index (χ1n) is 10.6. The van der Waals surface area contributed by atoms with Gasteiger partial charge in [-0.2, -0.15) is 9.97 Å². The Labute approximate surface area is 188 Å². The van der Waals surface area contributed by atoms with Crippen molar-refractivity contribution >= 4 is 33.7 Å². The van der Waals surface area contributed by atoms with E-state index in [1.165, 1.54) is 0 Å². The predicted molar refractivity (Wildman–Crippen MR) is 124 cm³/mol. The zero-order valence-electron chi connectivity index (χ0n) is 18.0. The summed E-state index contributed by atoms with van der Waals surface area (Å²) in [6.07, 6.45) is 3.35. The fraction of sp³-hybridized carbons (Fsp3) is 0.167. The fourth-order valence-corrected chi connectivity index (χ4v) is 3.84. The first kappa shape index (κ1) is 19.3. The first-order valence-corrected chi connectivity index (χ1v) is 10.6. The highest BCUT2D eigenvalue weighted by Crippen LogP contribution is 2.38. The van der Waals surface area contributed by atoms with E-state index in [-0.39, 0.29) is 12.9 Å². The van der Waals surface area contributed by atoms with Crippen LogP contribution >= 0.6 is 0 Å². The summed E-state index contributed by atoms with van der Waals surface area (Å²) < 4.78 is 16.9. The molecule has 9 heteroatoms. The summed E-state index contributed by atoms with van der Waals surface area (Å²) in [6.45, 7) is 4.14. The van der Waals surface area contributed by atoms with E-state index in [0.29, 0.717) is 23.0 Å². The normalized spacial score (nSPS) is 12.6. The summed E-state index contributed by atoms with van der Waals surface area (Å²) >= 11 is 0. The Kier molecular flexibility index (Phi) is 4.46. The number of aromatic amines is 1. The highest BCUT2D eigenvalue weighted by atomic mass is 16.7. The van der Waals surface area contributed by atoms with Crippen molar-refractivity contribution in [3.05, 3.63) is 55.0 Å². The molecule has 9 nitrogen and oxygen atoms in total. The smallest absolute Gasteiger partial charge is 0.245 e. The number of rotatable bonds is 5. The average Bonchev–Trinajstić information content (AvgIpc) is 3.47. The van der Waals surface area contributed by atoms with Gasteiger partial charge >= 0.3 is 0 Å². The molecule has 0 unspecified atom stereocenters. The number of pyridine rings is 1. The summed E-state index contributed by atoms with van der Waals surface area (Å²) in [5.41, 5.74) is 4.96. The molecule has 1 aliphatic rings. The van der Waals surface area contributed by atoms with Gasteiger partial charge in [0, 0.05) is 17.3 Å². The van der Waals surface area contributed by atoms with Gasteiger partial charge in [-0.15, -0.1) is 0 Å². The minimum atomic E-state index is -0.0322. The maximum absolute atomic E-state index is 5.85. The van der Waals surface area contributed by atoms with Crippen LogP contribution in [0.15, 0.2) is 55.0 Å². The lowest BCUT2D eigenvalue weighted by Crippen LogP contribution is -2.09. The highest BCUT2D eigenvalue weighted by Gasteiger charge is 2.16. The number of aromatic nitrogens is 5. The Balaban J connectivity index is 1.40. The molecule has 0 spiro atoms. The lowest BCUT2D eigenvalue weighted by molar-refractivity contribution is 0.174. The molecule has 0 aliphatic carbocycles. The minimum Gasteiger partial charge on any atom is -0.473 e. The van der Waals surface area contributed by atoms with E-state index in [4.69, 9.17) is 14.2 Å². The van der Waals surface area contributed by atoms with Gasteiger partial charge in [-0.3, -0.25) is 4.98 Å². The van der Waals surface area contributed by atoms with Gasteiger partial charge in [0.25, 0.3) is 0 Å². The van der Waals surface area contributed by atoms with Crippen LogP contribution < -0.4 is 19.5 Å².